The Morgan fingerprint density at radius 1 is 1.11 bits per heavy atom. The maximum atomic E-state index is 12.6. The van der Waals surface area contributed by atoms with E-state index in [-0.39, 0.29) is 10.8 Å². The molecule has 2 aromatic carbocycles. The van der Waals surface area contributed by atoms with Gasteiger partial charge < -0.3 is 10.1 Å². The minimum atomic E-state index is -3.56. The number of nitrogens with one attached hydrogen (secondary N) is 1. The van der Waals surface area contributed by atoms with E-state index >= 15 is 0 Å². The maximum Gasteiger partial charge on any atom is 0.242 e. The van der Waals surface area contributed by atoms with E-state index in [0.29, 0.717) is 12.2 Å². The molecule has 0 saturated heterocycles. The van der Waals surface area contributed by atoms with Crippen molar-refractivity contribution < 1.29 is 17.9 Å². The molecule has 0 saturated carbocycles. The van der Waals surface area contributed by atoms with Crippen LogP contribution in [-0.4, -0.2) is 57.8 Å². The second-order valence-corrected chi connectivity index (χ2v) is 8.90. The van der Waals surface area contributed by atoms with Crippen molar-refractivity contribution in [3.63, 3.8) is 0 Å². The average Bonchev–Trinajstić information content (AvgIpc) is 2.67. The van der Waals surface area contributed by atoms with Gasteiger partial charge in [-0.15, -0.1) is 0 Å². The van der Waals surface area contributed by atoms with E-state index in [4.69, 9.17) is 4.74 Å². The molecule has 8 heteroatoms. The summed E-state index contributed by atoms with van der Waals surface area (Å²) in [6, 6.07) is 13.5. The number of carbonyl (C=O) groups excluding carboxylic acids is 1. The Bertz CT molecular complexity index is 929. The second-order valence-electron chi connectivity index (χ2n) is 6.75. The van der Waals surface area contributed by atoms with Gasteiger partial charge in [0.15, 0.2) is 0 Å². The number of anilines is 1. The van der Waals surface area contributed by atoms with Crippen LogP contribution in [0.25, 0.3) is 0 Å². The molecule has 152 valence electrons. The van der Waals surface area contributed by atoms with Gasteiger partial charge in [-0.05, 0) is 49.9 Å². The lowest BCUT2D eigenvalue weighted by Gasteiger charge is -2.24. The smallest absolute Gasteiger partial charge is 0.242 e. The predicted octanol–water partition coefficient (Wildman–Crippen LogP) is 2.40. The number of carbonyl (C=O) groups is 1. The summed E-state index contributed by atoms with van der Waals surface area (Å²) in [5.74, 6) is 0.548. The molecule has 7 nitrogen and oxygen atoms in total. The summed E-state index contributed by atoms with van der Waals surface area (Å²) in [5, 5.41) is 2.79. The molecular formula is C20H27N3O4S. The van der Waals surface area contributed by atoms with Crippen LogP contribution in [0, 0.1) is 0 Å². The highest BCUT2D eigenvalue weighted by atomic mass is 32.2. The lowest BCUT2D eigenvalue weighted by Crippen LogP contribution is -2.39. The fraction of sp³-hybridized carbons (Fsp3) is 0.350. The summed E-state index contributed by atoms with van der Waals surface area (Å²) < 4.78 is 30.9. The summed E-state index contributed by atoms with van der Waals surface area (Å²) in [4.78, 5) is 14.7. The first-order valence-corrected chi connectivity index (χ1v) is 10.3. The zero-order chi connectivity index (χ0) is 20.9. The number of amides is 1. The van der Waals surface area contributed by atoms with Gasteiger partial charge in [0.1, 0.15) is 5.75 Å². The highest BCUT2D eigenvalue weighted by molar-refractivity contribution is 7.89. The molecule has 0 aliphatic rings. The minimum Gasteiger partial charge on any atom is -0.497 e. The quantitative estimate of drug-likeness (QED) is 0.730. The Hall–Kier alpha value is -2.42. The van der Waals surface area contributed by atoms with Gasteiger partial charge >= 0.3 is 0 Å². The number of hydrogen-bond acceptors (Lipinski definition) is 5. The monoisotopic (exact) mass is 405 g/mol. The van der Waals surface area contributed by atoms with Gasteiger partial charge in [-0.25, -0.2) is 12.7 Å². The van der Waals surface area contributed by atoms with Crippen LogP contribution in [0.2, 0.25) is 0 Å². The molecule has 1 amide bonds. The SMILES string of the molecule is COc1cccc(CN(C)[C@H](C)C(=O)Nc2cccc(S(=O)(=O)N(C)C)c2)c1. The van der Waals surface area contributed by atoms with Crippen molar-refractivity contribution >= 4 is 21.6 Å². The van der Waals surface area contributed by atoms with Crippen molar-refractivity contribution in [2.24, 2.45) is 0 Å². The van der Waals surface area contributed by atoms with Crippen LogP contribution in [0.3, 0.4) is 0 Å². The van der Waals surface area contributed by atoms with Crippen LogP contribution in [0.15, 0.2) is 53.4 Å². The fourth-order valence-electron chi connectivity index (χ4n) is 2.59. The standard InChI is InChI=1S/C20H27N3O4S/c1-15(23(4)14-16-8-6-10-18(12-16)27-5)20(24)21-17-9-7-11-19(13-17)28(25,26)22(2)3/h6-13,15H,14H2,1-5H3,(H,21,24)/t15-/m1/s1. The molecule has 0 aliphatic heterocycles. The third-order valence-corrected chi connectivity index (χ3v) is 6.30. The van der Waals surface area contributed by atoms with E-state index < -0.39 is 16.1 Å². The maximum absolute atomic E-state index is 12.6. The highest BCUT2D eigenvalue weighted by Crippen LogP contribution is 2.19. The van der Waals surface area contributed by atoms with Crippen LogP contribution in [0.1, 0.15) is 12.5 Å². The number of ether oxygens (including phenoxy) is 1. The lowest BCUT2D eigenvalue weighted by atomic mass is 10.1. The molecule has 0 aliphatic carbocycles. The molecule has 0 fully saturated rings. The van der Waals surface area contributed by atoms with Crippen LogP contribution in [0.5, 0.6) is 5.75 Å². The first-order chi connectivity index (χ1) is 13.1. The van der Waals surface area contributed by atoms with Crippen molar-refractivity contribution in [2.45, 2.75) is 24.4 Å². The normalized spacial score (nSPS) is 12.8. The van der Waals surface area contributed by atoms with Gasteiger partial charge in [0.2, 0.25) is 15.9 Å². The minimum absolute atomic E-state index is 0.132. The zero-order valence-electron chi connectivity index (χ0n) is 16.8. The zero-order valence-corrected chi connectivity index (χ0v) is 17.7. The second kappa shape index (κ2) is 9.18. The molecule has 0 radical (unpaired) electrons. The average molecular weight is 406 g/mol. The van der Waals surface area contributed by atoms with E-state index in [9.17, 15) is 13.2 Å². The summed E-state index contributed by atoms with van der Waals surface area (Å²) in [6.07, 6.45) is 0. The number of hydrogen-bond donors (Lipinski definition) is 1. The summed E-state index contributed by atoms with van der Waals surface area (Å²) in [5.41, 5.74) is 1.47. The van der Waals surface area contributed by atoms with E-state index in [1.807, 2.05) is 36.2 Å². The van der Waals surface area contributed by atoms with E-state index in [1.165, 1.54) is 26.2 Å². The van der Waals surface area contributed by atoms with Crippen molar-refractivity contribution in [3.8, 4) is 5.75 Å². The Morgan fingerprint density at radius 3 is 2.43 bits per heavy atom. The first-order valence-electron chi connectivity index (χ1n) is 8.81. The number of likely N-dealkylation sites (N-methyl/N-ethyl adjacent to an activating group) is 1. The van der Waals surface area contributed by atoms with Crippen LogP contribution in [0.4, 0.5) is 5.69 Å². The molecule has 0 bridgehead atoms. The molecule has 0 spiro atoms. The highest BCUT2D eigenvalue weighted by Gasteiger charge is 2.21. The Labute approximate surface area is 167 Å². The van der Waals surface area contributed by atoms with E-state index in [1.54, 1.807) is 26.2 Å². The van der Waals surface area contributed by atoms with E-state index in [0.717, 1.165) is 15.6 Å². The number of benzene rings is 2. The molecule has 2 rings (SSSR count). The number of nitrogens with zero attached hydrogens (tertiary/aromatic N) is 2. The van der Waals surface area contributed by atoms with Gasteiger partial charge in [0.25, 0.3) is 0 Å². The molecule has 1 atom stereocenters. The summed E-state index contributed by atoms with van der Waals surface area (Å²) >= 11 is 0. The third-order valence-electron chi connectivity index (χ3n) is 4.49. The summed E-state index contributed by atoms with van der Waals surface area (Å²) in [6.45, 7) is 2.37. The lowest BCUT2D eigenvalue weighted by molar-refractivity contribution is -0.120. The van der Waals surface area contributed by atoms with Gasteiger partial charge in [-0.1, -0.05) is 18.2 Å². The Morgan fingerprint density at radius 2 is 1.79 bits per heavy atom. The largest absolute Gasteiger partial charge is 0.497 e. The molecule has 0 aromatic heterocycles. The van der Waals surface area contributed by atoms with Crippen LogP contribution < -0.4 is 10.1 Å². The first kappa shape index (κ1) is 21.9. The summed E-state index contributed by atoms with van der Waals surface area (Å²) in [7, 11) is 2.85. The van der Waals surface area contributed by atoms with Crippen molar-refractivity contribution in [1.82, 2.24) is 9.21 Å². The molecule has 28 heavy (non-hydrogen) atoms. The number of methoxy groups -OCH3 is 1. The van der Waals surface area contributed by atoms with E-state index in [2.05, 4.69) is 5.32 Å². The van der Waals surface area contributed by atoms with Crippen LogP contribution in [-0.2, 0) is 21.4 Å². The molecule has 1 N–H and O–H groups in total. The number of rotatable bonds is 8. The third kappa shape index (κ3) is 5.31. The van der Waals surface area contributed by atoms with Crippen LogP contribution >= 0.6 is 0 Å². The fourth-order valence-corrected chi connectivity index (χ4v) is 3.54. The van der Waals surface area contributed by atoms with Gasteiger partial charge in [-0.3, -0.25) is 9.69 Å². The van der Waals surface area contributed by atoms with Crippen molar-refractivity contribution in [2.75, 3.05) is 33.6 Å². The van der Waals surface area contributed by atoms with Gasteiger partial charge in [-0.2, -0.15) is 0 Å². The Kier molecular flexibility index (Phi) is 7.17. The predicted molar refractivity (Wildman–Crippen MR) is 110 cm³/mol. The topological polar surface area (TPSA) is 79.0 Å². The van der Waals surface area contributed by atoms with Crippen molar-refractivity contribution in [1.29, 1.82) is 0 Å². The molecular weight excluding hydrogens is 378 g/mol. The van der Waals surface area contributed by atoms with Crippen molar-refractivity contribution in [3.05, 3.63) is 54.1 Å². The van der Waals surface area contributed by atoms with Gasteiger partial charge in [0.05, 0.1) is 18.0 Å². The molecule has 2 aromatic rings. The Balaban J connectivity index is 2.07. The van der Waals surface area contributed by atoms with Gasteiger partial charge in [0, 0.05) is 26.3 Å². The molecule has 0 unspecified atom stereocenters. The number of sulfonamides is 1. The molecule has 0 heterocycles.